The molecule has 0 aliphatic carbocycles. The number of nitrogens with zero attached hydrogens (tertiary/aromatic N) is 2. The Morgan fingerprint density at radius 1 is 1.11 bits per heavy atom. The lowest BCUT2D eigenvalue weighted by molar-refractivity contribution is -0.154. The first kappa shape index (κ1) is 13.3. The second-order valence-electron chi connectivity index (χ2n) is 5.01. The van der Waals surface area contributed by atoms with Crippen LogP contribution in [0.25, 0.3) is 0 Å². The molecule has 0 bridgehead atoms. The van der Waals surface area contributed by atoms with Gasteiger partial charge in [-0.05, 0) is 32.9 Å². The van der Waals surface area contributed by atoms with Crippen LogP contribution in [0.5, 0.6) is 0 Å². The summed E-state index contributed by atoms with van der Waals surface area (Å²) in [6, 6.07) is 0. The van der Waals surface area contributed by atoms with Gasteiger partial charge in [0.05, 0.1) is 0 Å². The quantitative estimate of drug-likeness (QED) is 0.740. The van der Waals surface area contributed by atoms with Crippen molar-refractivity contribution in [3.05, 3.63) is 0 Å². The molecular weight excluding hydrogens is 236 g/mol. The molecule has 6 nitrogen and oxygen atoms in total. The summed E-state index contributed by atoms with van der Waals surface area (Å²) in [5, 5.41) is 8.85. The largest absolute Gasteiger partial charge is 0.479 e. The van der Waals surface area contributed by atoms with Crippen LogP contribution < -0.4 is 0 Å². The Hall–Kier alpha value is -1.14. The molecule has 0 aromatic carbocycles. The lowest BCUT2D eigenvalue weighted by Gasteiger charge is -2.23. The van der Waals surface area contributed by atoms with Gasteiger partial charge in [0.1, 0.15) is 6.10 Å². The minimum atomic E-state index is -0.971. The summed E-state index contributed by atoms with van der Waals surface area (Å²) in [4.78, 5) is 27.0. The van der Waals surface area contributed by atoms with Crippen LogP contribution in [-0.2, 0) is 14.3 Å². The zero-order valence-electron chi connectivity index (χ0n) is 10.7. The van der Waals surface area contributed by atoms with Crippen molar-refractivity contribution in [1.29, 1.82) is 0 Å². The molecule has 2 atom stereocenters. The Morgan fingerprint density at radius 3 is 2.50 bits per heavy atom. The second kappa shape index (κ2) is 5.67. The summed E-state index contributed by atoms with van der Waals surface area (Å²) in [7, 11) is 2.04. The van der Waals surface area contributed by atoms with Gasteiger partial charge in [0, 0.05) is 19.6 Å². The van der Waals surface area contributed by atoms with Crippen molar-refractivity contribution in [2.45, 2.75) is 31.5 Å². The molecule has 0 unspecified atom stereocenters. The Balaban J connectivity index is 1.89. The van der Waals surface area contributed by atoms with Gasteiger partial charge in [-0.15, -0.1) is 0 Å². The highest BCUT2D eigenvalue weighted by molar-refractivity contribution is 5.82. The summed E-state index contributed by atoms with van der Waals surface area (Å²) in [5.41, 5.74) is 0. The monoisotopic (exact) mass is 256 g/mol. The first-order valence-corrected chi connectivity index (χ1v) is 6.43. The molecule has 2 rings (SSSR count). The third kappa shape index (κ3) is 3.00. The van der Waals surface area contributed by atoms with Crippen LogP contribution in [0.1, 0.15) is 19.3 Å². The number of hydrogen-bond acceptors (Lipinski definition) is 4. The fourth-order valence-corrected chi connectivity index (χ4v) is 2.47. The van der Waals surface area contributed by atoms with Gasteiger partial charge in [0.15, 0.2) is 6.10 Å². The number of amides is 1. The van der Waals surface area contributed by atoms with Gasteiger partial charge in [-0.1, -0.05) is 0 Å². The molecule has 2 fully saturated rings. The summed E-state index contributed by atoms with van der Waals surface area (Å²) in [6.07, 6.45) is 0.530. The van der Waals surface area contributed by atoms with Crippen molar-refractivity contribution in [2.24, 2.45) is 0 Å². The standard InChI is InChI=1S/C12H20N2O4/c1-13-5-2-6-14(8-7-13)11(15)9-3-4-10(18-9)12(16)17/h9-10H,2-8H2,1H3,(H,16,17)/t9-,10+/m0/s1. The van der Waals surface area contributed by atoms with E-state index < -0.39 is 18.2 Å². The second-order valence-corrected chi connectivity index (χ2v) is 5.01. The average molecular weight is 256 g/mol. The third-order valence-corrected chi connectivity index (χ3v) is 3.60. The van der Waals surface area contributed by atoms with E-state index in [1.165, 1.54) is 0 Å². The van der Waals surface area contributed by atoms with E-state index in [0.29, 0.717) is 19.4 Å². The van der Waals surface area contributed by atoms with Crippen molar-refractivity contribution in [2.75, 3.05) is 33.2 Å². The molecule has 2 aliphatic heterocycles. The topological polar surface area (TPSA) is 70.1 Å². The van der Waals surface area contributed by atoms with Crippen molar-refractivity contribution in [1.82, 2.24) is 9.80 Å². The molecule has 102 valence electrons. The van der Waals surface area contributed by atoms with Crippen molar-refractivity contribution in [3.63, 3.8) is 0 Å². The molecule has 0 radical (unpaired) electrons. The van der Waals surface area contributed by atoms with Gasteiger partial charge in [0.2, 0.25) is 0 Å². The van der Waals surface area contributed by atoms with Gasteiger partial charge in [-0.3, -0.25) is 4.79 Å². The van der Waals surface area contributed by atoms with Gasteiger partial charge in [-0.2, -0.15) is 0 Å². The number of carbonyl (C=O) groups is 2. The molecule has 2 heterocycles. The van der Waals surface area contributed by atoms with E-state index in [2.05, 4.69) is 4.90 Å². The van der Waals surface area contributed by atoms with E-state index in [0.717, 1.165) is 26.1 Å². The highest BCUT2D eigenvalue weighted by Gasteiger charge is 2.36. The fraction of sp³-hybridized carbons (Fsp3) is 0.833. The number of ether oxygens (including phenoxy) is 1. The van der Waals surface area contributed by atoms with E-state index in [1.54, 1.807) is 4.90 Å². The molecule has 0 aromatic heterocycles. The maximum Gasteiger partial charge on any atom is 0.332 e. The van der Waals surface area contributed by atoms with Crippen LogP contribution >= 0.6 is 0 Å². The first-order chi connectivity index (χ1) is 8.58. The van der Waals surface area contributed by atoms with Crippen LogP contribution in [-0.4, -0.2) is 72.2 Å². The van der Waals surface area contributed by atoms with Crippen LogP contribution in [0.2, 0.25) is 0 Å². The van der Waals surface area contributed by atoms with E-state index in [1.807, 2.05) is 7.05 Å². The Morgan fingerprint density at radius 2 is 1.83 bits per heavy atom. The number of likely N-dealkylation sites (N-methyl/N-ethyl adjacent to an activating group) is 1. The maximum absolute atomic E-state index is 12.2. The summed E-state index contributed by atoms with van der Waals surface area (Å²) in [5.74, 6) is -1.02. The molecule has 1 amide bonds. The maximum atomic E-state index is 12.2. The SMILES string of the molecule is CN1CCCN(C(=O)[C@@H]2CC[C@H](C(=O)O)O2)CC1. The highest BCUT2D eigenvalue weighted by Crippen LogP contribution is 2.22. The van der Waals surface area contributed by atoms with E-state index in [4.69, 9.17) is 9.84 Å². The third-order valence-electron chi connectivity index (χ3n) is 3.60. The number of hydrogen-bond donors (Lipinski definition) is 1. The lowest BCUT2D eigenvalue weighted by atomic mass is 10.2. The number of carboxylic acid groups (broad SMARTS) is 1. The van der Waals surface area contributed by atoms with Gasteiger partial charge < -0.3 is 19.6 Å². The Kier molecular flexibility index (Phi) is 4.19. The van der Waals surface area contributed by atoms with Crippen LogP contribution in [0.3, 0.4) is 0 Å². The van der Waals surface area contributed by atoms with Crippen LogP contribution in [0.15, 0.2) is 0 Å². The zero-order chi connectivity index (χ0) is 13.1. The van der Waals surface area contributed by atoms with Crippen molar-refractivity contribution in [3.8, 4) is 0 Å². The lowest BCUT2D eigenvalue weighted by Crippen LogP contribution is -2.41. The summed E-state index contributed by atoms with van der Waals surface area (Å²) >= 11 is 0. The summed E-state index contributed by atoms with van der Waals surface area (Å²) < 4.78 is 5.30. The predicted octanol–water partition coefficient (Wildman–Crippen LogP) is -0.217. The van der Waals surface area contributed by atoms with Gasteiger partial charge in [-0.25, -0.2) is 4.79 Å². The van der Waals surface area contributed by atoms with E-state index >= 15 is 0 Å². The molecule has 0 spiro atoms. The molecule has 0 saturated carbocycles. The molecule has 1 N–H and O–H groups in total. The summed E-state index contributed by atoms with van der Waals surface area (Å²) in [6.45, 7) is 3.29. The van der Waals surface area contributed by atoms with Gasteiger partial charge in [0.25, 0.3) is 5.91 Å². The fourth-order valence-electron chi connectivity index (χ4n) is 2.47. The molecule has 2 aliphatic rings. The minimum absolute atomic E-state index is 0.0472. The van der Waals surface area contributed by atoms with E-state index in [-0.39, 0.29) is 5.91 Å². The predicted molar refractivity (Wildman–Crippen MR) is 64.2 cm³/mol. The van der Waals surface area contributed by atoms with Gasteiger partial charge >= 0.3 is 5.97 Å². The highest BCUT2D eigenvalue weighted by atomic mass is 16.5. The van der Waals surface area contributed by atoms with Crippen LogP contribution in [0.4, 0.5) is 0 Å². The molecule has 6 heteroatoms. The number of aliphatic carboxylic acids is 1. The zero-order valence-corrected chi connectivity index (χ0v) is 10.7. The molecule has 0 aromatic rings. The van der Waals surface area contributed by atoms with E-state index in [9.17, 15) is 9.59 Å². The average Bonchev–Trinajstić information content (AvgIpc) is 2.73. The van der Waals surface area contributed by atoms with Crippen LogP contribution in [0, 0.1) is 0 Å². The molecular formula is C12H20N2O4. The molecule has 18 heavy (non-hydrogen) atoms. The number of carbonyl (C=O) groups excluding carboxylic acids is 1. The first-order valence-electron chi connectivity index (χ1n) is 6.43. The number of carboxylic acids is 1. The molecule has 2 saturated heterocycles. The number of rotatable bonds is 2. The Bertz CT molecular complexity index is 334. The minimum Gasteiger partial charge on any atom is -0.479 e. The smallest absolute Gasteiger partial charge is 0.332 e. The van der Waals surface area contributed by atoms with Crippen molar-refractivity contribution < 1.29 is 19.4 Å². The Labute approximate surface area is 106 Å². The normalized spacial score (nSPS) is 30.2. The van der Waals surface area contributed by atoms with Crippen molar-refractivity contribution >= 4 is 11.9 Å².